The van der Waals surface area contributed by atoms with Crippen molar-refractivity contribution in [2.75, 3.05) is 11.9 Å². The summed E-state index contributed by atoms with van der Waals surface area (Å²) in [6.45, 7) is 2.03. The Bertz CT molecular complexity index is 741. The first-order valence-corrected chi connectivity index (χ1v) is 7.02. The van der Waals surface area contributed by atoms with E-state index in [0.29, 0.717) is 18.6 Å². The number of nitrogens with one attached hydrogen (secondary N) is 2. The van der Waals surface area contributed by atoms with Gasteiger partial charge in [-0.25, -0.2) is 13.2 Å². The molecule has 0 aliphatic rings. The van der Waals surface area contributed by atoms with Crippen molar-refractivity contribution in [1.29, 1.82) is 0 Å². The third kappa shape index (κ3) is 4.55. The van der Waals surface area contributed by atoms with Crippen LogP contribution in [0.1, 0.15) is 11.3 Å². The number of nitrogens with zero attached hydrogens (tertiary/aromatic N) is 1. The molecule has 2 N–H and O–H groups in total. The molecule has 126 valence electrons. The second-order valence-electron chi connectivity index (χ2n) is 5.02. The lowest BCUT2D eigenvalue weighted by Gasteiger charge is -2.07. The van der Waals surface area contributed by atoms with Gasteiger partial charge in [0.2, 0.25) is 0 Å². The van der Waals surface area contributed by atoms with Crippen LogP contribution in [-0.4, -0.2) is 23.3 Å². The van der Waals surface area contributed by atoms with Crippen molar-refractivity contribution in [3.8, 4) is 0 Å². The number of benzene rings is 1. The Balaban J connectivity index is 1.86. The summed E-state index contributed by atoms with van der Waals surface area (Å²) in [5.74, 6) is -6.65. The summed E-state index contributed by atoms with van der Waals surface area (Å²) in [5, 5.41) is 4.36. The normalized spacial score (nSPS) is 10.3. The molecule has 2 rings (SSSR count). The van der Waals surface area contributed by atoms with Crippen LogP contribution in [0.15, 0.2) is 30.5 Å². The smallest absolute Gasteiger partial charge is 0.313 e. The lowest BCUT2D eigenvalue weighted by molar-refractivity contribution is -0.136. The molecule has 0 fully saturated rings. The van der Waals surface area contributed by atoms with Gasteiger partial charge in [0.1, 0.15) is 0 Å². The molecule has 0 saturated heterocycles. The summed E-state index contributed by atoms with van der Waals surface area (Å²) < 4.78 is 38.9. The van der Waals surface area contributed by atoms with Gasteiger partial charge in [-0.2, -0.15) is 0 Å². The molecule has 24 heavy (non-hydrogen) atoms. The number of amides is 2. The molecule has 0 aliphatic heterocycles. The minimum Gasteiger partial charge on any atom is -0.347 e. The van der Waals surface area contributed by atoms with E-state index in [1.54, 1.807) is 6.20 Å². The molecular formula is C16H14F3N3O2. The first-order chi connectivity index (χ1) is 11.4. The van der Waals surface area contributed by atoms with E-state index in [0.717, 1.165) is 11.3 Å². The molecular weight excluding hydrogens is 323 g/mol. The van der Waals surface area contributed by atoms with Crippen LogP contribution in [0.3, 0.4) is 0 Å². The van der Waals surface area contributed by atoms with Crippen LogP contribution in [0.5, 0.6) is 0 Å². The van der Waals surface area contributed by atoms with Gasteiger partial charge in [0.25, 0.3) is 0 Å². The van der Waals surface area contributed by atoms with Crippen molar-refractivity contribution in [3.05, 3.63) is 59.2 Å². The quantitative estimate of drug-likeness (QED) is 0.663. The number of aromatic nitrogens is 1. The van der Waals surface area contributed by atoms with Gasteiger partial charge in [-0.15, -0.1) is 0 Å². The lowest BCUT2D eigenvalue weighted by Crippen LogP contribution is -2.36. The summed E-state index contributed by atoms with van der Waals surface area (Å²) in [6.07, 6.45) is 2.12. The molecule has 0 unspecified atom stereocenters. The summed E-state index contributed by atoms with van der Waals surface area (Å²) in [7, 11) is 0. The third-order valence-electron chi connectivity index (χ3n) is 3.12. The Morgan fingerprint density at radius 3 is 2.33 bits per heavy atom. The van der Waals surface area contributed by atoms with Crippen molar-refractivity contribution >= 4 is 17.5 Å². The van der Waals surface area contributed by atoms with Crippen LogP contribution in [0.4, 0.5) is 18.9 Å². The summed E-state index contributed by atoms with van der Waals surface area (Å²) >= 11 is 0. The first kappa shape index (κ1) is 17.5. The van der Waals surface area contributed by atoms with Gasteiger partial charge in [0.05, 0.1) is 0 Å². The van der Waals surface area contributed by atoms with E-state index in [2.05, 4.69) is 10.3 Å². The van der Waals surface area contributed by atoms with Crippen molar-refractivity contribution in [2.24, 2.45) is 0 Å². The predicted octanol–water partition coefficient (Wildman–Crippen LogP) is 2.10. The molecule has 1 heterocycles. The first-order valence-electron chi connectivity index (χ1n) is 7.02. The number of anilines is 1. The van der Waals surface area contributed by atoms with Crippen LogP contribution in [0, 0.1) is 24.4 Å². The molecule has 0 saturated carbocycles. The highest BCUT2D eigenvalue weighted by Gasteiger charge is 2.16. The zero-order chi connectivity index (χ0) is 17.7. The Morgan fingerprint density at radius 2 is 1.75 bits per heavy atom. The van der Waals surface area contributed by atoms with Crippen LogP contribution in [0.2, 0.25) is 0 Å². The maximum absolute atomic E-state index is 13.0. The van der Waals surface area contributed by atoms with E-state index in [1.807, 2.05) is 24.4 Å². The average Bonchev–Trinajstić information content (AvgIpc) is 2.54. The second-order valence-corrected chi connectivity index (χ2v) is 5.02. The highest BCUT2D eigenvalue weighted by Crippen LogP contribution is 2.17. The lowest BCUT2D eigenvalue weighted by atomic mass is 10.2. The fourth-order valence-electron chi connectivity index (χ4n) is 1.86. The maximum Gasteiger partial charge on any atom is 0.313 e. The fraction of sp³-hybridized carbons (Fsp3) is 0.188. The number of hydrogen-bond donors (Lipinski definition) is 2. The number of pyridine rings is 1. The summed E-state index contributed by atoms with van der Waals surface area (Å²) in [4.78, 5) is 27.4. The molecule has 0 bridgehead atoms. The Labute approximate surface area is 135 Å². The monoisotopic (exact) mass is 337 g/mol. The van der Waals surface area contributed by atoms with Gasteiger partial charge < -0.3 is 10.6 Å². The van der Waals surface area contributed by atoms with Gasteiger partial charge in [-0.05, 0) is 25.0 Å². The number of halogens is 3. The molecule has 2 aromatic rings. The fourth-order valence-corrected chi connectivity index (χ4v) is 1.86. The highest BCUT2D eigenvalue weighted by atomic mass is 19.2. The highest BCUT2D eigenvalue weighted by molar-refractivity contribution is 6.39. The van der Waals surface area contributed by atoms with Gasteiger partial charge in [-0.3, -0.25) is 14.6 Å². The third-order valence-corrected chi connectivity index (χ3v) is 3.12. The minimum absolute atomic E-state index is 0.184. The van der Waals surface area contributed by atoms with Crippen molar-refractivity contribution in [1.82, 2.24) is 10.3 Å². The summed E-state index contributed by atoms with van der Waals surface area (Å²) in [6, 6.07) is 4.84. The molecule has 1 aromatic carbocycles. The minimum atomic E-state index is -1.65. The van der Waals surface area contributed by atoms with E-state index in [4.69, 9.17) is 0 Å². The van der Waals surface area contributed by atoms with E-state index in [1.165, 1.54) is 0 Å². The maximum atomic E-state index is 13.0. The van der Waals surface area contributed by atoms with Crippen LogP contribution < -0.4 is 10.6 Å². The van der Waals surface area contributed by atoms with Gasteiger partial charge in [0.15, 0.2) is 17.5 Å². The zero-order valence-electron chi connectivity index (χ0n) is 12.7. The van der Waals surface area contributed by atoms with Gasteiger partial charge >= 0.3 is 11.8 Å². The molecule has 1 aromatic heterocycles. The molecule has 0 atom stereocenters. The second kappa shape index (κ2) is 7.58. The van der Waals surface area contributed by atoms with E-state index < -0.39 is 29.3 Å². The number of aryl methyl sites for hydroxylation is 1. The van der Waals surface area contributed by atoms with Crippen molar-refractivity contribution < 1.29 is 22.8 Å². The molecule has 0 aliphatic carbocycles. The average molecular weight is 337 g/mol. The topological polar surface area (TPSA) is 71.1 Å². The number of carbonyl (C=O) groups excluding carboxylic acids is 2. The van der Waals surface area contributed by atoms with Crippen LogP contribution >= 0.6 is 0 Å². The van der Waals surface area contributed by atoms with E-state index in [9.17, 15) is 22.8 Å². The number of hydrogen-bond acceptors (Lipinski definition) is 3. The van der Waals surface area contributed by atoms with Crippen LogP contribution in [0.25, 0.3) is 0 Å². The molecule has 8 heteroatoms. The van der Waals surface area contributed by atoms with Gasteiger partial charge in [0, 0.05) is 36.3 Å². The predicted molar refractivity (Wildman–Crippen MR) is 80.6 cm³/mol. The largest absolute Gasteiger partial charge is 0.347 e. The Morgan fingerprint density at radius 1 is 1.08 bits per heavy atom. The SMILES string of the molecule is Cc1ccc(CCNC(=O)C(=O)Nc2cc(F)c(F)c(F)c2)cn1. The van der Waals surface area contributed by atoms with Gasteiger partial charge in [-0.1, -0.05) is 6.07 Å². The molecule has 0 radical (unpaired) electrons. The van der Waals surface area contributed by atoms with E-state index >= 15 is 0 Å². The van der Waals surface area contributed by atoms with Crippen molar-refractivity contribution in [2.45, 2.75) is 13.3 Å². The zero-order valence-corrected chi connectivity index (χ0v) is 12.7. The van der Waals surface area contributed by atoms with Crippen molar-refractivity contribution in [3.63, 3.8) is 0 Å². The Hall–Kier alpha value is -2.90. The molecule has 5 nitrogen and oxygen atoms in total. The van der Waals surface area contributed by atoms with E-state index in [-0.39, 0.29) is 12.2 Å². The Kier molecular flexibility index (Phi) is 5.51. The molecule has 0 spiro atoms. The summed E-state index contributed by atoms with van der Waals surface area (Å²) in [5.41, 5.74) is 1.39. The molecule has 2 amide bonds. The standard InChI is InChI=1S/C16H14F3N3O2/c1-9-2-3-10(8-21-9)4-5-20-15(23)16(24)22-11-6-12(17)14(19)13(18)7-11/h2-3,6-8H,4-5H2,1H3,(H,20,23)(H,22,24). The van der Waals surface area contributed by atoms with Crippen LogP contribution in [-0.2, 0) is 16.0 Å². The number of carbonyl (C=O) groups is 2. The number of rotatable bonds is 4.